The summed E-state index contributed by atoms with van der Waals surface area (Å²) in [6.07, 6.45) is 1.19. The third-order valence-electron chi connectivity index (χ3n) is 4.13. The molecule has 6 heteroatoms. The number of hydrogen-bond donors (Lipinski definition) is 2. The van der Waals surface area contributed by atoms with Crippen LogP contribution in [0.25, 0.3) is 0 Å². The summed E-state index contributed by atoms with van der Waals surface area (Å²) in [5, 5.41) is 9.00. The van der Waals surface area contributed by atoms with Gasteiger partial charge in [0, 0.05) is 37.1 Å². The van der Waals surface area contributed by atoms with Gasteiger partial charge in [0.15, 0.2) is 5.96 Å². The average Bonchev–Trinajstić information content (AvgIpc) is 3.10. The molecule has 24 heavy (non-hydrogen) atoms. The highest BCUT2D eigenvalue weighted by atomic mass is 32.1. The molecule has 5 nitrogen and oxygen atoms in total. The standard InChI is InChI=1S/C18H32N4OS/c1-4-19-18(21-14-17-6-5-11-24-17)20-13-16(12-15(2)3)22-7-9-23-10-8-22/h5-6,11,15-16H,4,7-10,12-14H2,1-3H3,(H2,19,20,21). The van der Waals surface area contributed by atoms with Crippen LogP contribution in [0, 0.1) is 5.92 Å². The van der Waals surface area contributed by atoms with Gasteiger partial charge in [0.2, 0.25) is 0 Å². The molecular weight excluding hydrogens is 320 g/mol. The van der Waals surface area contributed by atoms with Crippen LogP contribution in [0.5, 0.6) is 0 Å². The van der Waals surface area contributed by atoms with Gasteiger partial charge in [-0.25, -0.2) is 4.99 Å². The van der Waals surface area contributed by atoms with E-state index in [1.54, 1.807) is 11.3 Å². The highest BCUT2D eigenvalue weighted by Crippen LogP contribution is 2.13. The summed E-state index contributed by atoms with van der Waals surface area (Å²) in [5.74, 6) is 1.60. The van der Waals surface area contributed by atoms with Crippen molar-refractivity contribution in [3.63, 3.8) is 0 Å². The molecular formula is C18H32N4OS. The summed E-state index contributed by atoms with van der Waals surface area (Å²) in [6, 6.07) is 4.74. The Morgan fingerprint density at radius 2 is 2.12 bits per heavy atom. The van der Waals surface area contributed by atoms with Crippen LogP contribution in [0.2, 0.25) is 0 Å². The van der Waals surface area contributed by atoms with E-state index >= 15 is 0 Å². The first kappa shape index (κ1) is 19.2. The quantitative estimate of drug-likeness (QED) is 0.558. The zero-order chi connectivity index (χ0) is 17.2. The van der Waals surface area contributed by atoms with E-state index in [4.69, 9.17) is 9.73 Å². The number of nitrogens with one attached hydrogen (secondary N) is 2. The first-order chi connectivity index (χ1) is 11.7. The summed E-state index contributed by atoms with van der Waals surface area (Å²) in [4.78, 5) is 8.56. The number of rotatable bonds is 8. The van der Waals surface area contributed by atoms with Gasteiger partial charge in [0.25, 0.3) is 0 Å². The predicted molar refractivity (Wildman–Crippen MR) is 103 cm³/mol. The van der Waals surface area contributed by atoms with Gasteiger partial charge < -0.3 is 15.4 Å². The highest BCUT2D eigenvalue weighted by Gasteiger charge is 2.22. The summed E-state index contributed by atoms with van der Waals surface area (Å²) >= 11 is 1.75. The largest absolute Gasteiger partial charge is 0.379 e. The van der Waals surface area contributed by atoms with E-state index in [9.17, 15) is 0 Å². The fourth-order valence-corrected chi connectivity index (χ4v) is 3.59. The molecule has 0 spiro atoms. The van der Waals surface area contributed by atoms with Gasteiger partial charge in [-0.1, -0.05) is 19.9 Å². The topological polar surface area (TPSA) is 48.9 Å². The van der Waals surface area contributed by atoms with Crippen LogP contribution in [0.15, 0.2) is 22.5 Å². The van der Waals surface area contributed by atoms with Crippen LogP contribution in [0.3, 0.4) is 0 Å². The second-order valence-corrected chi connectivity index (χ2v) is 7.62. The molecule has 1 atom stereocenters. The van der Waals surface area contributed by atoms with Crippen molar-refractivity contribution in [3.8, 4) is 0 Å². The highest BCUT2D eigenvalue weighted by molar-refractivity contribution is 7.09. The van der Waals surface area contributed by atoms with Crippen LogP contribution < -0.4 is 10.6 Å². The van der Waals surface area contributed by atoms with Gasteiger partial charge in [-0.15, -0.1) is 11.3 Å². The van der Waals surface area contributed by atoms with E-state index in [-0.39, 0.29) is 0 Å². The van der Waals surface area contributed by atoms with Crippen LogP contribution in [-0.4, -0.2) is 56.3 Å². The van der Waals surface area contributed by atoms with Gasteiger partial charge in [0.05, 0.1) is 19.8 Å². The maximum Gasteiger partial charge on any atom is 0.191 e. The molecule has 136 valence electrons. The van der Waals surface area contributed by atoms with Gasteiger partial charge in [-0.3, -0.25) is 4.90 Å². The number of thiophene rings is 1. The van der Waals surface area contributed by atoms with Crippen molar-refractivity contribution in [2.24, 2.45) is 10.9 Å². The van der Waals surface area contributed by atoms with Crippen LogP contribution in [-0.2, 0) is 11.3 Å². The lowest BCUT2D eigenvalue weighted by Crippen LogP contribution is -2.51. The SMILES string of the molecule is CCNC(=NCc1cccs1)NCC(CC(C)C)N1CCOCC1. The van der Waals surface area contributed by atoms with Crippen LogP contribution in [0.1, 0.15) is 32.1 Å². The molecule has 2 rings (SSSR count). The van der Waals surface area contributed by atoms with Crippen molar-refractivity contribution in [1.29, 1.82) is 0 Å². The Bertz CT molecular complexity index is 469. The van der Waals surface area contributed by atoms with Crippen molar-refractivity contribution in [3.05, 3.63) is 22.4 Å². The van der Waals surface area contributed by atoms with Crippen molar-refractivity contribution in [2.45, 2.75) is 39.8 Å². The lowest BCUT2D eigenvalue weighted by molar-refractivity contribution is 0.0132. The molecule has 1 aliphatic heterocycles. The molecule has 2 N–H and O–H groups in total. The van der Waals surface area contributed by atoms with E-state index in [0.29, 0.717) is 12.0 Å². The normalized spacial score (nSPS) is 17.9. The third kappa shape index (κ3) is 6.79. The number of aliphatic imine (C=N–C) groups is 1. The van der Waals surface area contributed by atoms with E-state index < -0.39 is 0 Å². The zero-order valence-electron chi connectivity index (χ0n) is 15.3. The number of guanidine groups is 1. The van der Waals surface area contributed by atoms with Gasteiger partial charge >= 0.3 is 0 Å². The molecule has 2 heterocycles. The second-order valence-electron chi connectivity index (χ2n) is 6.59. The fraction of sp³-hybridized carbons (Fsp3) is 0.722. The van der Waals surface area contributed by atoms with E-state index in [1.807, 2.05) is 0 Å². The van der Waals surface area contributed by atoms with Crippen molar-refractivity contribution >= 4 is 17.3 Å². The summed E-state index contributed by atoms with van der Waals surface area (Å²) in [6.45, 7) is 13.0. The molecule has 1 aromatic rings. The van der Waals surface area contributed by atoms with Gasteiger partial charge in [-0.05, 0) is 30.7 Å². The van der Waals surface area contributed by atoms with Crippen molar-refractivity contribution < 1.29 is 4.74 Å². The lowest BCUT2D eigenvalue weighted by Gasteiger charge is -2.35. The number of nitrogens with zero attached hydrogens (tertiary/aromatic N) is 2. The molecule has 1 saturated heterocycles. The number of ether oxygens (including phenoxy) is 1. The number of hydrogen-bond acceptors (Lipinski definition) is 4. The Kier molecular flexibility index (Phi) is 8.56. The molecule has 0 saturated carbocycles. The molecule has 1 aliphatic rings. The van der Waals surface area contributed by atoms with E-state index in [0.717, 1.165) is 51.9 Å². The minimum absolute atomic E-state index is 0.527. The van der Waals surface area contributed by atoms with Crippen LogP contribution in [0.4, 0.5) is 0 Å². The average molecular weight is 353 g/mol. The molecule has 1 aromatic heterocycles. The molecule has 0 aliphatic carbocycles. The van der Waals surface area contributed by atoms with Crippen LogP contribution >= 0.6 is 11.3 Å². The molecule has 0 aromatic carbocycles. The molecule has 0 radical (unpaired) electrons. The molecule has 1 unspecified atom stereocenters. The lowest BCUT2D eigenvalue weighted by atomic mass is 10.0. The third-order valence-corrected chi connectivity index (χ3v) is 4.99. The summed E-state index contributed by atoms with van der Waals surface area (Å²) < 4.78 is 5.50. The minimum Gasteiger partial charge on any atom is -0.379 e. The smallest absolute Gasteiger partial charge is 0.191 e. The number of morpholine rings is 1. The maximum absolute atomic E-state index is 5.50. The molecule has 1 fully saturated rings. The van der Waals surface area contributed by atoms with Gasteiger partial charge in [0.1, 0.15) is 0 Å². The minimum atomic E-state index is 0.527. The maximum atomic E-state index is 5.50. The summed E-state index contributed by atoms with van der Waals surface area (Å²) in [7, 11) is 0. The Morgan fingerprint density at radius 3 is 2.75 bits per heavy atom. The van der Waals surface area contributed by atoms with E-state index in [1.165, 1.54) is 11.3 Å². The van der Waals surface area contributed by atoms with E-state index in [2.05, 4.69) is 53.8 Å². The molecule has 0 amide bonds. The Hall–Kier alpha value is -1.11. The predicted octanol–water partition coefficient (Wildman–Crippen LogP) is 2.55. The molecule has 0 bridgehead atoms. The van der Waals surface area contributed by atoms with Crippen molar-refractivity contribution in [2.75, 3.05) is 39.4 Å². The fourth-order valence-electron chi connectivity index (χ4n) is 2.96. The Morgan fingerprint density at radius 1 is 1.33 bits per heavy atom. The van der Waals surface area contributed by atoms with Gasteiger partial charge in [-0.2, -0.15) is 0 Å². The first-order valence-electron chi connectivity index (χ1n) is 9.05. The second kappa shape index (κ2) is 10.7. The first-order valence-corrected chi connectivity index (χ1v) is 9.93. The Balaban J connectivity index is 1.91. The summed E-state index contributed by atoms with van der Waals surface area (Å²) in [5.41, 5.74) is 0. The zero-order valence-corrected chi connectivity index (χ0v) is 16.1. The Labute approximate surface area is 150 Å². The van der Waals surface area contributed by atoms with Crippen molar-refractivity contribution in [1.82, 2.24) is 15.5 Å². The monoisotopic (exact) mass is 352 g/mol.